The topological polar surface area (TPSA) is 93.5 Å². The molecule has 156 valence electrons. The predicted octanol–water partition coefficient (Wildman–Crippen LogP) is 3.99. The van der Waals surface area contributed by atoms with Crippen molar-refractivity contribution in [2.24, 2.45) is 0 Å². The van der Waals surface area contributed by atoms with Gasteiger partial charge in [0.05, 0.1) is 12.1 Å². The second-order valence-electron chi connectivity index (χ2n) is 6.56. The molecule has 2 N–H and O–H groups in total. The zero-order valence-electron chi connectivity index (χ0n) is 16.4. The summed E-state index contributed by atoms with van der Waals surface area (Å²) < 4.78 is 11.1. The highest BCUT2D eigenvalue weighted by molar-refractivity contribution is 7.13. The van der Waals surface area contributed by atoms with E-state index in [1.165, 1.54) is 17.4 Å². The molecule has 0 saturated heterocycles. The lowest BCUT2D eigenvalue weighted by molar-refractivity contribution is -0.121. The van der Waals surface area contributed by atoms with Crippen LogP contribution in [0.2, 0.25) is 0 Å². The molecule has 0 aliphatic rings. The van der Waals surface area contributed by atoms with Crippen molar-refractivity contribution in [3.63, 3.8) is 0 Å². The Morgan fingerprint density at radius 1 is 0.935 bits per heavy atom. The molecule has 2 amide bonds. The Bertz CT molecular complexity index is 1160. The molecule has 0 fully saturated rings. The average molecular weight is 433 g/mol. The highest BCUT2D eigenvalue weighted by atomic mass is 32.1. The summed E-state index contributed by atoms with van der Waals surface area (Å²) in [6.45, 7) is 0.192. The summed E-state index contributed by atoms with van der Waals surface area (Å²) in [5.74, 6) is 0.345. The number of carbonyl (C=O) groups excluding carboxylic acids is 2. The average Bonchev–Trinajstić information content (AvgIpc) is 3.47. The highest BCUT2D eigenvalue weighted by Crippen LogP contribution is 2.23. The van der Waals surface area contributed by atoms with Crippen LogP contribution in [0.3, 0.4) is 0 Å². The number of furan rings is 1. The molecule has 0 spiro atoms. The van der Waals surface area contributed by atoms with E-state index in [-0.39, 0.29) is 24.7 Å². The zero-order chi connectivity index (χ0) is 21.5. The number of nitrogens with one attached hydrogen (secondary N) is 2. The van der Waals surface area contributed by atoms with Gasteiger partial charge in [0.1, 0.15) is 23.1 Å². The fourth-order valence-corrected chi connectivity index (χ4v) is 3.57. The van der Waals surface area contributed by atoms with E-state index in [0.717, 1.165) is 10.6 Å². The van der Waals surface area contributed by atoms with Gasteiger partial charge in [0.2, 0.25) is 5.91 Å². The Morgan fingerprint density at radius 2 is 1.68 bits per heavy atom. The molecular weight excluding hydrogens is 414 g/mol. The van der Waals surface area contributed by atoms with Crippen LogP contribution in [0.15, 0.2) is 82.6 Å². The highest BCUT2D eigenvalue weighted by Gasteiger charge is 2.14. The maximum absolute atomic E-state index is 12.2. The van der Waals surface area contributed by atoms with Crippen LogP contribution < -0.4 is 15.6 Å². The molecule has 4 aromatic rings. The number of rotatable bonds is 7. The van der Waals surface area contributed by atoms with Crippen molar-refractivity contribution in [3.8, 4) is 16.3 Å². The number of para-hydroxylation sites is 1. The Kier molecular flexibility index (Phi) is 6.39. The van der Waals surface area contributed by atoms with Gasteiger partial charge in [-0.1, -0.05) is 48.5 Å². The Balaban J connectivity index is 1.25. The summed E-state index contributed by atoms with van der Waals surface area (Å²) in [5, 5.41) is 2.67. The van der Waals surface area contributed by atoms with Crippen LogP contribution in [0, 0.1) is 0 Å². The third kappa shape index (κ3) is 5.58. The molecule has 0 saturated carbocycles. The first kappa shape index (κ1) is 20.4. The first-order chi connectivity index (χ1) is 15.2. The van der Waals surface area contributed by atoms with Crippen LogP contribution in [0.4, 0.5) is 0 Å². The Labute approximate surface area is 182 Å². The molecule has 0 aliphatic carbocycles. The minimum atomic E-state index is -0.553. The van der Waals surface area contributed by atoms with Crippen LogP contribution in [0.1, 0.15) is 22.0 Å². The van der Waals surface area contributed by atoms with Gasteiger partial charge in [-0.25, -0.2) is 4.98 Å². The molecule has 7 nitrogen and oxygen atoms in total. The van der Waals surface area contributed by atoms with Gasteiger partial charge < -0.3 is 9.15 Å². The minimum absolute atomic E-state index is 0.0535. The van der Waals surface area contributed by atoms with E-state index in [9.17, 15) is 9.59 Å². The molecule has 0 radical (unpaired) electrons. The summed E-state index contributed by atoms with van der Waals surface area (Å²) in [5.41, 5.74) is 6.36. The van der Waals surface area contributed by atoms with Crippen molar-refractivity contribution >= 4 is 23.2 Å². The molecule has 0 aliphatic heterocycles. The van der Waals surface area contributed by atoms with Crippen LogP contribution >= 0.6 is 11.3 Å². The van der Waals surface area contributed by atoms with Gasteiger partial charge in [-0.2, -0.15) is 0 Å². The molecule has 2 aromatic heterocycles. The fraction of sp³-hybridized carbons (Fsp3) is 0.0870. The van der Waals surface area contributed by atoms with Crippen molar-refractivity contribution in [2.75, 3.05) is 0 Å². The van der Waals surface area contributed by atoms with E-state index in [1.807, 2.05) is 66.0 Å². The Morgan fingerprint density at radius 3 is 2.45 bits per heavy atom. The smallest absolute Gasteiger partial charge is 0.305 e. The number of benzene rings is 2. The van der Waals surface area contributed by atoms with Gasteiger partial charge in [0.15, 0.2) is 5.76 Å². The lowest BCUT2D eigenvalue weighted by atomic mass is 10.2. The first-order valence-electron chi connectivity index (χ1n) is 9.53. The molecule has 0 bridgehead atoms. The SMILES string of the molecule is O=C(Cc1csc(-c2ccccc2)n1)NNC(=O)c1ccc(COc2ccccc2)o1. The largest absolute Gasteiger partial charge is 0.486 e. The van der Waals surface area contributed by atoms with Crippen molar-refractivity contribution in [3.05, 3.63) is 95.4 Å². The Hall–Kier alpha value is -3.91. The van der Waals surface area contributed by atoms with Crippen molar-refractivity contribution in [1.29, 1.82) is 0 Å². The van der Waals surface area contributed by atoms with E-state index in [1.54, 1.807) is 6.07 Å². The second-order valence-corrected chi connectivity index (χ2v) is 7.41. The van der Waals surface area contributed by atoms with Gasteiger partial charge in [0, 0.05) is 10.9 Å². The number of amides is 2. The summed E-state index contributed by atoms with van der Waals surface area (Å²) in [4.78, 5) is 28.8. The van der Waals surface area contributed by atoms with Gasteiger partial charge in [-0.3, -0.25) is 20.4 Å². The van der Waals surface area contributed by atoms with Crippen LogP contribution in [-0.4, -0.2) is 16.8 Å². The third-order valence-electron chi connectivity index (χ3n) is 4.24. The number of hydrogen-bond acceptors (Lipinski definition) is 6. The van der Waals surface area contributed by atoms with Gasteiger partial charge in [-0.15, -0.1) is 11.3 Å². The summed E-state index contributed by atoms with van der Waals surface area (Å²) in [7, 11) is 0. The molecule has 0 unspecified atom stereocenters. The molecule has 8 heteroatoms. The van der Waals surface area contributed by atoms with E-state index < -0.39 is 5.91 Å². The normalized spacial score (nSPS) is 10.5. The van der Waals surface area contributed by atoms with E-state index in [4.69, 9.17) is 9.15 Å². The summed E-state index contributed by atoms with van der Waals surface area (Å²) in [6.07, 6.45) is 0.0535. The minimum Gasteiger partial charge on any atom is -0.486 e. The van der Waals surface area contributed by atoms with E-state index >= 15 is 0 Å². The predicted molar refractivity (Wildman–Crippen MR) is 116 cm³/mol. The molecule has 4 rings (SSSR count). The van der Waals surface area contributed by atoms with E-state index in [2.05, 4.69) is 15.8 Å². The molecule has 2 aromatic carbocycles. The summed E-state index contributed by atoms with van der Waals surface area (Å²) >= 11 is 1.47. The zero-order valence-corrected chi connectivity index (χ0v) is 17.2. The number of hydrogen-bond donors (Lipinski definition) is 2. The second kappa shape index (κ2) is 9.73. The number of hydrazine groups is 1. The maximum Gasteiger partial charge on any atom is 0.305 e. The van der Waals surface area contributed by atoms with Gasteiger partial charge >= 0.3 is 5.91 Å². The maximum atomic E-state index is 12.2. The number of aromatic nitrogens is 1. The van der Waals surface area contributed by atoms with Crippen LogP contribution in [-0.2, 0) is 17.8 Å². The van der Waals surface area contributed by atoms with E-state index in [0.29, 0.717) is 17.2 Å². The van der Waals surface area contributed by atoms with Crippen molar-refractivity contribution < 1.29 is 18.7 Å². The molecular formula is C23H19N3O4S. The lowest BCUT2D eigenvalue weighted by Crippen LogP contribution is -2.42. The molecule has 2 heterocycles. The van der Waals surface area contributed by atoms with Crippen molar-refractivity contribution in [2.45, 2.75) is 13.0 Å². The fourth-order valence-electron chi connectivity index (χ4n) is 2.75. The molecule has 0 atom stereocenters. The van der Waals surface area contributed by atoms with Gasteiger partial charge in [-0.05, 0) is 24.3 Å². The molecule has 31 heavy (non-hydrogen) atoms. The summed E-state index contributed by atoms with van der Waals surface area (Å²) in [6, 6.07) is 22.2. The monoisotopic (exact) mass is 433 g/mol. The standard InChI is InChI=1S/C23H19N3O4S/c27-21(13-17-15-31-23(24-17)16-7-3-1-4-8-16)25-26-22(28)20-12-11-19(30-20)14-29-18-9-5-2-6-10-18/h1-12,15H,13-14H2,(H,25,27)(H,26,28). The number of nitrogens with zero attached hydrogens (tertiary/aromatic N) is 1. The van der Waals surface area contributed by atoms with Crippen LogP contribution in [0.25, 0.3) is 10.6 Å². The lowest BCUT2D eigenvalue weighted by Gasteiger charge is -2.05. The number of carbonyl (C=O) groups is 2. The number of thiazole rings is 1. The van der Waals surface area contributed by atoms with Crippen LogP contribution in [0.5, 0.6) is 5.75 Å². The first-order valence-corrected chi connectivity index (χ1v) is 10.4. The number of ether oxygens (including phenoxy) is 1. The quantitative estimate of drug-likeness (QED) is 0.430. The van der Waals surface area contributed by atoms with Gasteiger partial charge in [0.25, 0.3) is 0 Å². The third-order valence-corrected chi connectivity index (χ3v) is 5.18. The van der Waals surface area contributed by atoms with Crippen molar-refractivity contribution in [1.82, 2.24) is 15.8 Å².